The van der Waals surface area contributed by atoms with Crippen LogP contribution < -0.4 is 54.2 Å². The van der Waals surface area contributed by atoms with Gasteiger partial charge >= 0.3 is 47.5 Å². The number of para-hydroxylation sites is 1. The predicted octanol–water partition coefficient (Wildman–Crippen LogP) is 23.0. The fourth-order valence-electron chi connectivity index (χ4n) is 15.1. The number of rotatable bonds is 32. The Morgan fingerprint density at radius 2 is 0.643 bits per heavy atom. The maximum absolute atomic E-state index is 13.6. The number of hydrogen-bond acceptors (Lipinski definition) is 14. The Morgan fingerprint density at radius 1 is 0.333 bits per heavy atom. The van der Waals surface area contributed by atoms with E-state index in [1.165, 1.54) is 62.8 Å². The van der Waals surface area contributed by atoms with Crippen molar-refractivity contribution < 1.29 is 92.5 Å². The third-order valence-electron chi connectivity index (χ3n) is 21.9. The number of carboxylic acid groups (broad SMARTS) is 4. The summed E-state index contributed by atoms with van der Waals surface area (Å²) in [7, 11) is 0. The summed E-state index contributed by atoms with van der Waals surface area (Å²) in [6, 6.07) is 91.4. The Labute approximate surface area is 774 Å². The first-order valence-electron chi connectivity index (χ1n) is 43.5. The van der Waals surface area contributed by atoms with Crippen molar-refractivity contribution in [2.24, 2.45) is 0 Å². The second-order valence-electron chi connectivity index (χ2n) is 31.3. The molecule has 0 amide bonds. The minimum Gasteiger partial charge on any atom is -0.545 e. The molecule has 0 radical (unpaired) electrons. The first-order chi connectivity index (χ1) is 62.2. The Bertz CT molecular complexity index is 6540. The minimum absolute atomic E-state index is 0. The standard InChI is InChI=1S/C31H32FNO3.C27H25NO4.C27H25NO3.C25H22N2O2.Na/c1-2-3-4-5-6-7-8-19-36-26-16-13-23(14-17-26)22-9-11-24(12-10-22)30-21-28(31(34)35)27-20-25(32)15-18-29(27)33-30;1-3-31-14-15-32-22-11-9-20(10-12-22)19-5-7-21(8-6-19)26-17-24(27(29)30)23-16-18(2)4-13-25(23)28-26;1-3-4-15-31-22-12-10-20(11-13-22)19-6-8-21(9-7-19)26-17-24(27(29)30)23-16-18(2)5-14-25(23)28-26;1-3-26-22-7-5-4-6-19(22)17-9-11-18(12-10-17)24-15-21(25(28)29)20-14-16(2)8-13-23(20)27-24;/h9-18,20-21H,2-8,19H2,1H3,(H,34,35);4-13,16-17H,3,14-15H2,1-2H3,(H,29,30);5-14,16-17H,3-4,15H2,1-2H3,(H,29,30);4-15,26H,3H2,1-2H3,(H,28,29);/q;;;;+1/p-1. The largest absolute Gasteiger partial charge is 1.00 e. The fraction of sp³-hybridized carbons (Fsp3) is 0.200. The van der Waals surface area contributed by atoms with Crippen molar-refractivity contribution in [1.82, 2.24) is 19.9 Å². The van der Waals surface area contributed by atoms with Gasteiger partial charge in [0.25, 0.3) is 0 Å². The normalized spacial score (nSPS) is 10.9. The number of anilines is 1. The van der Waals surface area contributed by atoms with E-state index >= 15 is 0 Å². The molecule has 4 heterocycles. The van der Waals surface area contributed by atoms with Crippen LogP contribution in [0.15, 0.2) is 291 Å². The number of benzene rings is 12. The average Bonchev–Trinajstić information content (AvgIpc) is 0.794. The number of carboxylic acids is 4. The van der Waals surface area contributed by atoms with E-state index in [0.29, 0.717) is 80.8 Å². The van der Waals surface area contributed by atoms with E-state index in [1.54, 1.807) is 18.2 Å². The van der Waals surface area contributed by atoms with Gasteiger partial charge in [0.2, 0.25) is 0 Å². The monoisotopic (exact) mass is 1730 g/mol. The maximum Gasteiger partial charge on any atom is 1.00 e. The summed E-state index contributed by atoms with van der Waals surface area (Å²) >= 11 is 0. The van der Waals surface area contributed by atoms with Crippen molar-refractivity contribution in [1.29, 1.82) is 0 Å². The summed E-state index contributed by atoms with van der Waals surface area (Å²) in [6.45, 7) is 18.4. The number of aromatic nitrogens is 4. The Balaban J connectivity index is 0.000000156. The van der Waals surface area contributed by atoms with Crippen LogP contribution in [0.25, 0.3) is 133 Å². The number of fused-ring (bicyclic) bond motifs is 4. The molecule has 0 aliphatic heterocycles. The van der Waals surface area contributed by atoms with Gasteiger partial charge < -0.3 is 49.5 Å². The van der Waals surface area contributed by atoms with Crippen molar-refractivity contribution in [2.45, 2.75) is 106 Å². The molecule has 0 saturated heterocycles. The van der Waals surface area contributed by atoms with Gasteiger partial charge in [0.05, 0.1) is 87.3 Å². The molecule has 0 fully saturated rings. The molecule has 0 atom stereocenters. The zero-order valence-corrected chi connectivity index (χ0v) is 76.0. The van der Waals surface area contributed by atoms with E-state index in [4.69, 9.17) is 33.9 Å². The molecule has 4 N–H and O–H groups in total. The third kappa shape index (κ3) is 25.1. The molecule has 0 saturated carbocycles. The summed E-state index contributed by atoms with van der Waals surface area (Å²) in [4.78, 5) is 65.7. The molecular formula is C110H103FN5NaO12. The van der Waals surface area contributed by atoms with Gasteiger partial charge in [0, 0.05) is 73.8 Å². The number of nitrogens with one attached hydrogen (secondary N) is 1. The topological polar surface area (TPSA) is 253 Å². The molecule has 16 aromatic rings. The zero-order chi connectivity index (χ0) is 90.0. The van der Waals surface area contributed by atoms with Crippen LogP contribution in [0.3, 0.4) is 0 Å². The summed E-state index contributed by atoms with van der Waals surface area (Å²) in [5.74, 6) is -2.17. The minimum atomic E-state index is -1.36. The Kier molecular flexibility index (Phi) is 33.7. The van der Waals surface area contributed by atoms with E-state index in [2.05, 4.69) is 55.3 Å². The van der Waals surface area contributed by atoms with Gasteiger partial charge in [-0.1, -0.05) is 245 Å². The second-order valence-corrected chi connectivity index (χ2v) is 31.3. The van der Waals surface area contributed by atoms with Crippen molar-refractivity contribution in [3.63, 3.8) is 0 Å². The second kappa shape index (κ2) is 46.1. The van der Waals surface area contributed by atoms with Crippen LogP contribution in [-0.2, 0) is 4.74 Å². The number of aromatic carboxylic acids is 4. The third-order valence-corrected chi connectivity index (χ3v) is 21.9. The van der Waals surface area contributed by atoms with Crippen LogP contribution in [0.5, 0.6) is 17.2 Å². The van der Waals surface area contributed by atoms with Crippen molar-refractivity contribution in [3.05, 3.63) is 336 Å². The van der Waals surface area contributed by atoms with Gasteiger partial charge in [-0.2, -0.15) is 0 Å². The van der Waals surface area contributed by atoms with Crippen LogP contribution in [0, 0.1) is 26.6 Å². The molecule has 0 unspecified atom stereocenters. The van der Waals surface area contributed by atoms with Gasteiger partial charge in [0.15, 0.2) is 0 Å². The molecule has 16 rings (SSSR count). The van der Waals surface area contributed by atoms with Crippen molar-refractivity contribution in [2.75, 3.05) is 44.9 Å². The van der Waals surface area contributed by atoms with E-state index in [-0.39, 0.29) is 57.2 Å². The number of carbonyl (C=O) groups is 4. The Hall–Kier alpha value is -13.8. The molecule has 0 bridgehead atoms. The number of hydrogen-bond donors (Lipinski definition) is 4. The first kappa shape index (κ1) is 94.4. The quantitative estimate of drug-likeness (QED) is 0.0226. The molecule has 129 heavy (non-hydrogen) atoms. The number of nitrogens with zero attached hydrogens (tertiary/aromatic N) is 4. The van der Waals surface area contributed by atoms with Gasteiger partial charge in [-0.05, 0) is 208 Å². The Morgan fingerprint density at radius 3 is 1.00 bits per heavy atom. The van der Waals surface area contributed by atoms with Gasteiger partial charge in [-0.25, -0.2) is 38.7 Å². The summed E-state index contributed by atoms with van der Waals surface area (Å²) in [5, 5.41) is 46.3. The molecule has 0 spiro atoms. The fourth-order valence-corrected chi connectivity index (χ4v) is 15.1. The maximum atomic E-state index is 13.6. The van der Waals surface area contributed by atoms with Crippen molar-refractivity contribution >= 4 is 73.2 Å². The number of ether oxygens (including phenoxy) is 4. The average molecular weight is 1730 g/mol. The van der Waals surface area contributed by atoms with E-state index in [0.717, 1.165) is 145 Å². The van der Waals surface area contributed by atoms with Crippen LogP contribution in [0.4, 0.5) is 10.1 Å². The van der Waals surface area contributed by atoms with E-state index < -0.39 is 29.7 Å². The SMILES string of the molecule is CCCCCCCCCOc1ccc(-c2ccc(-c3cc(C(=O)[O-])c4cc(F)ccc4n3)cc2)cc1.CCCCOc1ccc(-c2ccc(-c3cc(C(=O)O)c4cc(C)ccc4n3)cc2)cc1.CCNc1ccccc1-c1ccc(-c2cc(C(=O)O)c3cc(C)ccc3n2)cc1.CCOCCOc1ccc(-c2ccc(-c3cc(C(=O)O)c4cc(C)ccc4n3)cc2)cc1.[Na+]. The zero-order valence-electron chi connectivity index (χ0n) is 74.0. The van der Waals surface area contributed by atoms with Crippen LogP contribution in [0.1, 0.15) is 144 Å². The molecular weight excluding hydrogens is 1630 g/mol. The van der Waals surface area contributed by atoms with E-state index in [1.807, 2.05) is 252 Å². The van der Waals surface area contributed by atoms with Crippen molar-refractivity contribution in [3.8, 4) is 107 Å². The number of pyridine rings is 4. The number of aryl methyl sites for hydroxylation is 3. The summed E-state index contributed by atoms with van der Waals surface area (Å²) < 4.78 is 36.2. The van der Waals surface area contributed by atoms with Gasteiger partial charge in [-0.3, -0.25) is 0 Å². The number of halogens is 1. The van der Waals surface area contributed by atoms with Gasteiger partial charge in [0.1, 0.15) is 29.7 Å². The smallest absolute Gasteiger partial charge is 0.545 e. The molecule has 0 aliphatic carbocycles. The molecule has 17 nitrogen and oxygen atoms in total. The van der Waals surface area contributed by atoms with Crippen LogP contribution >= 0.6 is 0 Å². The molecule has 4 aromatic heterocycles. The molecule has 12 aromatic carbocycles. The van der Waals surface area contributed by atoms with Crippen LogP contribution in [0.2, 0.25) is 0 Å². The summed E-state index contributed by atoms with van der Waals surface area (Å²) in [5.41, 5.74) is 21.8. The van der Waals surface area contributed by atoms with E-state index in [9.17, 15) is 44.0 Å². The number of unbranched alkanes of at least 4 members (excludes halogenated alkanes) is 7. The number of carbonyl (C=O) groups excluding carboxylic acids is 1. The first-order valence-corrected chi connectivity index (χ1v) is 43.5. The molecule has 648 valence electrons. The molecule has 19 heteroatoms. The summed E-state index contributed by atoms with van der Waals surface area (Å²) in [6.07, 6.45) is 11.0. The van der Waals surface area contributed by atoms with Crippen LogP contribution in [-0.4, -0.2) is 98.7 Å². The molecule has 0 aliphatic rings. The predicted molar refractivity (Wildman–Crippen MR) is 510 cm³/mol. The van der Waals surface area contributed by atoms with Gasteiger partial charge in [-0.15, -0.1) is 0 Å².